The van der Waals surface area contributed by atoms with Crippen LogP contribution in [0.4, 0.5) is 16.0 Å². The number of halogens is 2. The monoisotopic (exact) mass is 595 g/mol. The number of carbonyl (C=O) groups is 1. The Bertz CT molecular complexity index is 1630. The summed E-state index contributed by atoms with van der Waals surface area (Å²) in [5.74, 6) is -0.139. The van der Waals surface area contributed by atoms with Gasteiger partial charge in [-0.2, -0.15) is 4.98 Å². The number of fused-ring (bicyclic) bond motifs is 1. The number of nitrogens with one attached hydrogen (secondary N) is 3. The van der Waals surface area contributed by atoms with Crippen molar-refractivity contribution in [2.75, 3.05) is 51.3 Å². The van der Waals surface area contributed by atoms with Crippen molar-refractivity contribution in [1.82, 2.24) is 29.9 Å². The molecule has 0 unspecified atom stereocenters. The minimum absolute atomic E-state index is 0.00750. The minimum atomic E-state index is -0.618. The molecule has 0 saturated carbocycles. The Morgan fingerprint density at radius 3 is 2.81 bits per heavy atom. The summed E-state index contributed by atoms with van der Waals surface area (Å²) < 4.78 is 21.4. The third kappa shape index (κ3) is 6.10. The summed E-state index contributed by atoms with van der Waals surface area (Å²) >= 11 is 6.32. The van der Waals surface area contributed by atoms with Crippen molar-refractivity contribution in [3.8, 4) is 11.1 Å². The molecule has 2 aliphatic rings. The Hall–Kier alpha value is -4.00. The van der Waals surface area contributed by atoms with Gasteiger partial charge < -0.3 is 30.1 Å². The van der Waals surface area contributed by atoms with Gasteiger partial charge in [-0.15, -0.1) is 4.73 Å². The molecule has 1 amide bonds. The average Bonchev–Trinajstić information content (AvgIpc) is 3.44. The molecule has 6 rings (SSSR count). The predicted molar refractivity (Wildman–Crippen MR) is 156 cm³/mol. The first-order valence-electron chi connectivity index (χ1n) is 14.0. The largest absolute Gasteiger partial charge is 0.408 e. The van der Waals surface area contributed by atoms with Crippen LogP contribution < -0.4 is 21.0 Å². The van der Waals surface area contributed by atoms with Crippen molar-refractivity contribution >= 4 is 40.2 Å². The molecule has 11 nitrogen and oxygen atoms in total. The van der Waals surface area contributed by atoms with E-state index in [0.29, 0.717) is 37.4 Å². The van der Waals surface area contributed by atoms with Crippen LogP contribution in [0.5, 0.6) is 0 Å². The quantitative estimate of drug-likeness (QED) is 0.284. The molecule has 2 aliphatic heterocycles. The zero-order valence-corrected chi connectivity index (χ0v) is 23.6. The summed E-state index contributed by atoms with van der Waals surface area (Å²) in [7, 11) is 0. The van der Waals surface area contributed by atoms with Crippen LogP contribution >= 0.6 is 11.6 Å². The van der Waals surface area contributed by atoms with Crippen molar-refractivity contribution in [1.29, 1.82) is 0 Å². The zero-order chi connectivity index (χ0) is 29.1. The van der Waals surface area contributed by atoms with Gasteiger partial charge in [0.1, 0.15) is 12.4 Å². The van der Waals surface area contributed by atoms with Crippen LogP contribution in [0.2, 0.25) is 5.02 Å². The van der Waals surface area contributed by atoms with E-state index in [1.165, 1.54) is 30.5 Å². The Morgan fingerprint density at radius 1 is 1.21 bits per heavy atom. The number of nitrogens with zero attached hydrogens (tertiary/aromatic N) is 4. The first-order chi connectivity index (χ1) is 20.5. The maximum absolute atomic E-state index is 14.9. The van der Waals surface area contributed by atoms with E-state index in [2.05, 4.69) is 25.6 Å². The number of amides is 1. The first-order valence-corrected chi connectivity index (χ1v) is 14.3. The van der Waals surface area contributed by atoms with Crippen LogP contribution in [0.3, 0.4) is 0 Å². The average molecular weight is 596 g/mol. The molecule has 42 heavy (non-hydrogen) atoms. The van der Waals surface area contributed by atoms with Crippen molar-refractivity contribution in [3.05, 3.63) is 69.6 Å². The zero-order valence-electron chi connectivity index (χ0n) is 22.9. The predicted octanol–water partition coefficient (Wildman–Crippen LogP) is 3.15. The summed E-state index contributed by atoms with van der Waals surface area (Å²) in [6.07, 6.45) is 5.13. The number of hydrogen-bond acceptors (Lipinski definition) is 8. The number of aromatic nitrogens is 4. The highest BCUT2D eigenvalue weighted by atomic mass is 35.5. The van der Waals surface area contributed by atoms with Crippen molar-refractivity contribution < 1.29 is 18.8 Å². The fourth-order valence-electron chi connectivity index (χ4n) is 5.21. The highest BCUT2D eigenvalue weighted by molar-refractivity contribution is 6.33. The van der Waals surface area contributed by atoms with Gasteiger partial charge in [-0.25, -0.2) is 9.37 Å². The lowest BCUT2D eigenvalue weighted by Crippen LogP contribution is -2.46. The molecule has 0 bridgehead atoms. The Labute approximate surface area is 246 Å². The number of rotatable bonds is 8. The smallest absolute Gasteiger partial charge is 0.293 e. The van der Waals surface area contributed by atoms with Gasteiger partial charge in [0.25, 0.3) is 5.56 Å². The van der Waals surface area contributed by atoms with Crippen molar-refractivity contribution in [3.63, 3.8) is 0 Å². The molecule has 0 radical (unpaired) electrons. The lowest BCUT2D eigenvalue weighted by molar-refractivity contribution is -0.131. The number of carbonyl (C=O) groups excluding carboxylic acids is 1. The van der Waals surface area contributed by atoms with E-state index in [1.807, 2.05) is 11.0 Å². The van der Waals surface area contributed by atoms with Crippen molar-refractivity contribution in [2.45, 2.75) is 19.3 Å². The molecule has 1 aromatic carbocycles. The number of piperazine rings is 1. The lowest BCUT2D eigenvalue weighted by atomic mass is 10.0. The summed E-state index contributed by atoms with van der Waals surface area (Å²) in [6, 6.07) is 7.62. The second kappa shape index (κ2) is 12.5. The van der Waals surface area contributed by atoms with Gasteiger partial charge in [0.2, 0.25) is 11.9 Å². The van der Waals surface area contributed by atoms with E-state index in [1.54, 1.807) is 6.20 Å². The number of H-pyrrole nitrogens is 1. The van der Waals surface area contributed by atoms with Crippen LogP contribution in [-0.2, 0) is 16.0 Å². The molecule has 0 atom stereocenters. The van der Waals surface area contributed by atoms with E-state index in [9.17, 15) is 14.0 Å². The van der Waals surface area contributed by atoms with Crippen LogP contribution in [0.1, 0.15) is 18.5 Å². The van der Waals surface area contributed by atoms with Gasteiger partial charge in [0, 0.05) is 68.4 Å². The van der Waals surface area contributed by atoms with Crippen LogP contribution in [0.15, 0.2) is 47.5 Å². The fourth-order valence-corrected chi connectivity index (χ4v) is 5.48. The van der Waals surface area contributed by atoms with Gasteiger partial charge in [-0.1, -0.05) is 17.7 Å². The summed E-state index contributed by atoms with van der Waals surface area (Å²) in [4.78, 5) is 46.4. The summed E-state index contributed by atoms with van der Waals surface area (Å²) in [6.45, 7) is 4.50. The summed E-state index contributed by atoms with van der Waals surface area (Å²) in [5.41, 5.74) is 1.10. The standard InChI is InChI=1S/C29H31ClFN7O4/c30-23-2-1-3-24(31)26(23)22-12-19-15-34-29(36-27(19)38(28(22)40)42-17-18-4-10-41-11-5-18)35-21-13-20(33-16-21)14-25(39)37-8-6-32-7-9-37/h1-3,12-13,15-16,18,32-33H,4-11,14,17H2,(H,34,35,36). The van der Waals surface area contributed by atoms with E-state index < -0.39 is 11.4 Å². The number of anilines is 2. The normalized spacial score (nSPS) is 16.1. The molecule has 2 fully saturated rings. The second-order valence-electron chi connectivity index (χ2n) is 10.4. The highest BCUT2D eigenvalue weighted by Gasteiger charge is 2.22. The molecule has 0 aliphatic carbocycles. The van der Waals surface area contributed by atoms with E-state index in [0.717, 1.165) is 36.4 Å². The van der Waals surface area contributed by atoms with E-state index in [-0.39, 0.29) is 52.6 Å². The molecule has 3 N–H and O–H groups in total. The number of benzene rings is 1. The first kappa shape index (κ1) is 28.1. The Balaban J connectivity index is 1.29. The topological polar surface area (TPSA) is 126 Å². The molecular formula is C29H31ClFN7O4. The number of pyridine rings is 1. The van der Waals surface area contributed by atoms with Gasteiger partial charge in [0.05, 0.1) is 22.7 Å². The van der Waals surface area contributed by atoms with Gasteiger partial charge in [0.15, 0.2) is 5.65 Å². The van der Waals surface area contributed by atoms with Crippen LogP contribution in [0, 0.1) is 11.7 Å². The molecule has 0 spiro atoms. The van der Waals surface area contributed by atoms with E-state index in [4.69, 9.17) is 21.2 Å². The second-order valence-corrected chi connectivity index (χ2v) is 10.8. The fraction of sp³-hybridized carbons (Fsp3) is 0.379. The van der Waals surface area contributed by atoms with Crippen LogP contribution in [0.25, 0.3) is 22.2 Å². The van der Waals surface area contributed by atoms with Gasteiger partial charge in [-0.05, 0) is 43.0 Å². The highest BCUT2D eigenvalue weighted by Crippen LogP contribution is 2.30. The third-order valence-corrected chi connectivity index (χ3v) is 7.84. The van der Waals surface area contributed by atoms with Gasteiger partial charge in [-0.3, -0.25) is 9.59 Å². The lowest BCUT2D eigenvalue weighted by Gasteiger charge is -2.27. The van der Waals surface area contributed by atoms with E-state index >= 15 is 0 Å². The number of aromatic amines is 1. The van der Waals surface area contributed by atoms with Crippen molar-refractivity contribution in [2.24, 2.45) is 5.92 Å². The minimum Gasteiger partial charge on any atom is -0.408 e. The maximum atomic E-state index is 14.9. The molecular weight excluding hydrogens is 565 g/mol. The Morgan fingerprint density at radius 2 is 2.02 bits per heavy atom. The molecule has 2 saturated heterocycles. The van der Waals surface area contributed by atoms with Gasteiger partial charge >= 0.3 is 0 Å². The Kier molecular flexibility index (Phi) is 8.36. The molecule has 5 heterocycles. The molecule has 3 aromatic heterocycles. The summed E-state index contributed by atoms with van der Waals surface area (Å²) in [5, 5.41) is 6.95. The van der Waals surface area contributed by atoms with Crippen LogP contribution in [-0.4, -0.2) is 76.5 Å². The molecule has 13 heteroatoms. The third-order valence-electron chi connectivity index (χ3n) is 7.53. The SMILES string of the molecule is O=C(Cc1cc(Nc2ncc3cc(-c4c(F)cccc4Cl)c(=O)n(OCC4CCOCC4)c3n2)c[nH]1)N1CCNCC1. The number of hydrogen-bond donors (Lipinski definition) is 3. The molecule has 4 aromatic rings. The number of ether oxygens (including phenoxy) is 1. The molecule has 220 valence electrons. The maximum Gasteiger partial charge on any atom is 0.293 e.